The third kappa shape index (κ3) is 5.81. The molecule has 1 N–H and O–H groups in total. The van der Waals surface area contributed by atoms with Crippen molar-refractivity contribution in [2.24, 2.45) is 15.2 Å². The molecule has 0 unspecified atom stereocenters. The Morgan fingerprint density at radius 3 is 2.38 bits per heavy atom. The smallest absolute Gasteiger partial charge is 0.262 e. The van der Waals surface area contributed by atoms with Crippen LogP contribution < -0.4 is 5.32 Å². The molecule has 170 valence electrons. The fraction of sp³-hybridized carbons (Fsp3) is 0.348. The van der Waals surface area contributed by atoms with Crippen molar-refractivity contribution in [1.82, 2.24) is 9.88 Å². The molecule has 0 spiro atoms. The first kappa shape index (κ1) is 24.8. The molecule has 32 heavy (non-hydrogen) atoms. The Morgan fingerprint density at radius 2 is 1.81 bits per heavy atom. The number of nitrogens with zero attached hydrogens (tertiary/aromatic N) is 5. The van der Waals surface area contributed by atoms with E-state index in [-0.39, 0.29) is 5.82 Å². The van der Waals surface area contributed by atoms with E-state index >= 15 is 0 Å². The predicted octanol–water partition coefficient (Wildman–Crippen LogP) is 5.19. The third-order valence-corrected chi connectivity index (χ3v) is 4.84. The van der Waals surface area contributed by atoms with E-state index < -0.39 is 23.1 Å². The number of aromatic nitrogens is 1. The molecule has 0 bridgehead atoms. The molecule has 0 aliphatic carbocycles. The number of benzene rings is 1. The van der Waals surface area contributed by atoms with Gasteiger partial charge in [0.25, 0.3) is 5.91 Å². The SMILES string of the molecule is CC.CN=NC(=NC)N1CCC(C)=C(c2ccc(NC(=O)c3c(F)cccc3F)nc2)C1. The van der Waals surface area contributed by atoms with Gasteiger partial charge >= 0.3 is 0 Å². The van der Waals surface area contributed by atoms with Gasteiger partial charge in [-0.1, -0.05) is 25.5 Å². The minimum Gasteiger partial charge on any atom is -0.335 e. The van der Waals surface area contributed by atoms with Gasteiger partial charge in [-0.25, -0.2) is 13.8 Å². The minimum absolute atomic E-state index is 0.202. The molecule has 0 radical (unpaired) electrons. The third-order valence-electron chi connectivity index (χ3n) is 4.84. The highest BCUT2D eigenvalue weighted by molar-refractivity contribution is 6.04. The number of aliphatic imine (C=N–C) groups is 1. The van der Waals surface area contributed by atoms with Crippen LogP contribution >= 0.6 is 0 Å². The number of nitrogens with one attached hydrogen (secondary N) is 1. The lowest BCUT2D eigenvalue weighted by atomic mass is 9.96. The van der Waals surface area contributed by atoms with Crippen molar-refractivity contribution in [2.45, 2.75) is 27.2 Å². The average molecular weight is 443 g/mol. The van der Waals surface area contributed by atoms with Gasteiger partial charge in [-0.2, -0.15) is 5.11 Å². The van der Waals surface area contributed by atoms with Crippen LogP contribution in [0.1, 0.15) is 43.1 Å². The van der Waals surface area contributed by atoms with Gasteiger partial charge in [0.05, 0.1) is 0 Å². The lowest BCUT2D eigenvalue weighted by molar-refractivity contribution is 0.101. The first-order valence-corrected chi connectivity index (χ1v) is 10.4. The summed E-state index contributed by atoms with van der Waals surface area (Å²) < 4.78 is 27.6. The summed E-state index contributed by atoms with van der Waals surface area (Å²) in [5, 5.41) is 10.3. The maximum Gasteiger partial charge on any atom is 0.262 e. The van der Waals surface area contributed by atoms with Gasteiger partial charge in [-0.3, -0.25) is 9.79 Å². The fourth-order valence-electron chi connectivity index (χ4n) is 3.25. The zero-order valence-corrected chi connectivity index (χ0v) is 19.0. The summed E-state index contributed by atoms with van der Waals surface area (Å²) in [4.78, 5) is 22.7. The van der Waals surface area contributed by atoms with Crippen LogP contribution in [-0.4, -0.2) is 48.9 Å². The Bertz CT molecular complexity index is 1010. The molecule has 3 rings (SSSR count). The van der Waals surface area contributed by atoms with E-state index in [1.165, 1.54) is 11.6 Å². The largest absolute Gasteiger partial charge is 0.335 e. The summed E-state index contributed by atoms with van der Waals surface area (Å²) in [7, 11) is 3.27. The van der Waals surface area contributed by atoms with Crippen LogP contribution in [-0.2, 0) is 0 Å². The van der Waals surface area contributed by atoms with Crippen LogP contribution in [0.4, 0.5) is 14.6 Å². The summed E-state index contributed by atoms with van der Waals surface area (Å²) in [5.41, 5.74) is 2.55. The van der Waals surface area contributed by atoms with E-state index in [4.69, 9.17) is 0 Å². The van der Waals surface area contributed by atoms with Crippen molar-refractivity contribution in [2.75, 3.05) is 32.5 Å². The molecule has 9 heteroatoms. The molecule has 1 amide bonds. The molecule has 0 fully saturated rings. The van der Waals surface area contributed by atoms with Gasteiger partial charge in [0, 0.05) is 33.4 Å². The van der Waals surface area contributed by atoms with E-state index in [2.05, 4.69) is 32.4 Å². The topological polar surface area (TPSA) is 82.3 Å². The maximum atomic E-state index is 13.8. The Kier molecular flexibility index (Phi) is 9.12. The normalized spacial score (nSPS) is 14.3. The quantitative estimate of drug-likeness (QED) is 0.404. The standard InChI is InChI=1S/C21H22F2N6O.C2H6/c1-13-9-10-29(21(24-2)28-25-3)12-15(13)14-7-8-18(26-11-14)27-20(30)19-16(22)5-4-6-17(19)23;1-2/h4-8,11H,9-10,12H2,1-3H3,(H,26,27,30);1-2H3. The molecule has 2 heterocycles. The first-order valence-electron chi connectivity index (χ1n) is 10.4. The van der Waals surface area contributed by atoms with Crippen molar-refractivity contribution in [3.63, 3.8) is 0 Å². The molecule has 1 aromatic heterocycles. The molecule has 1 aliphatic heterocycles. The van der Waals surface area contributed by atoms with Gasteiger partial charge < -0.3 is 10.2 Å². The first-order chi connectivity index (χ1) is 15.4. The number of carbonyl (C=O) groups is 1. The number of amides is 1. The van der Waals surface area contributed by atoms with Crippen molar-refractivity contribution >= 4 is 23.3 Å². The number of rotatable bonds is 3. The number of anilines is 1. The number of hydrogen-bond acceptors (Lipinski definition) is 4. The van der Waals surface area contributed by atoms with Crippen molar-refractivity contribution in [3.05, 3.63) is 64.9 Å². The molecule has 0 saturated heterocycles. The highest BCUT2D eigenvalue weighted by atomic mass is 19.1. The van der Waals surface area contributed by atoms with E-state index in [1.54, 1.807) is 26.4 Å². The summed E-state index contributed by atoms with van der Waals surface area (Å²) in [6.45, 7) is 7.45. The number of carbonyl (C=O) groups excluding carboxylic acids is 1. The van der Waals surface area contributed by atoms with Crippen LogP contribution in [0.2, 0.25) is 0 Å². The fourth-order valence-corrected chi connectivity index (χ4v) is 3.25. The van der Waals surface area contributed by atoms with Crippen molar-refractivity contribution < 1.29 is 13.6 Å². The summed E-state index contributed by atoms with van der Waals surface area (Å²) in [5.74, 6) is -1.98. The molecule has 0 atom stereocenters. The van der Waals surface area contributed by atoms with Crippen LogP contribution in [0, 0.1) is 11.6 Å². The zero-order valence-electron chi connectivity index (χ0n) is 19.0. The number of hydrogen-bond donors (Lipinski definition) is 1. The number of guanidine groups is 1. The Balaban J connectivity index is 0.00000176. The van der Waals surface area contributed by atoms with Crippen molar-refractivity contribution in [1.29, 1.82) is 0 Å². The second-order valence-electron chi connectivity index (χ2n) is 6.74. The van der Waals surface area contributed by atoms with Crippen molar-refractivity contribution in [3.8, 4) is 0 Å². The lowest BCUT2D eigenvalue weighted by Gasteiger charge is -2.30. The number of pyridine rings is 1. The highest BCUT2D eigenvalue weighted by Gasteiger charge is 2.21. The van der Waals surface area contributed by atoms with Crippen LogP contribution in [0.3, 0.4) is 0 Å². The number of azo groups is 1. The summed E-state index contributed by atoms with van der Waals surface area (Å²) in [6, 6.07) is 6.68. The summed E-state index contributed by atoms with van der Waals surface area (Å²) >= 11 is 0. The van der Waals surface area contributed by atoms with E-state index in [1.807, 2.05) is 24.8 Å². The Morgan fingerprint density at radius 1 is 1.12 bits per heavy atom. The second kappa shape index (κ2) is 11.8. The van der Waals surface area contributed by atoms with Gasteiger partial charge in [0.2, 0.25) is 5.96 Å². The highest BCUT2D eigenvalue weighted by Crippen LogP contribution is 2.27. The minimum atomic E-state index is -0.926. The lowest BCUT2D eigenvalue weighted by Crippen LogP contribution is -2.35. The molecule has 1 aromatic carbocycles. The molecular formula is C23H28F2N6O. The maximum absolute atomic E-state index is 13.8. The van der Waals surface area contributed by atoms with Crippen LogP contribution in [0.15, 0.2) is 57.3 Å². The predicted molar refractivity (Wildman–Crippen MR) is 123 cm³/mol. The van der Waals surface area contributed by atoms with Gasteiger partial charge in [-0.05, 0) is 48.7 Å². The van der Waals surface area contributed by atoms with E-state index in [0.29, 0.717) is 12.5 Å². The molecule has 7 nitrogen and oxygen atoms in total. The monoisotopic (exact) mass is 442 g/mol. The average Bonchev–Trinajstić information content (AvgIpc) is 2.80. The van der Waals surface area contributed by atoms with E-state index in [9.17, 15) is 13.6 Å². The molecule has 0 saturated carbocycles. The summed E-state index contributed by atoms with van der Waals surface area (Å²) in [6.07, 6.45) is 2.47. The van der Waals surface area contributed by atoms with E-state index in [0.717, 1.165) is 36.2 Å². The van der Waals surface area contributed by atoms with Crippen LogP contribution in [0.5, 0.6) is 0 Å². The molecule has 1 aliphatic rings. The number of halogens is 2. The Labute approximate surface area is 187 Å². The zero-order chi connectivity index (χ0) is 23.7. The molecular weight excluding hydrogens is 414 g/mol. The second-order valence-corrected chi connectivity index (χ2v) is 6.74. The van der Waals surface area contributed by atoms with Gasteiger partial charge in [0.15, 0.2) is 0 Å². The Hall–Kier alpha value is -3.49. The van der Waals surface area contributed by atoms with Crippen LogP contribution in [0.25, 0.3) is 5.57 Å². The molecule has 2 aromatic rings. The van der Waals surface area contributed by atoms with Gasteiger partial charge in [0.1, 0.15) is 23.0 Å². The van der Waals surface area contributed by atoms with Gasteiger partial charge in [-0.15, -0.1) is 5.11 Å².